The van der Waals surface area contributed by atoms with Crippen LogP contribution in [-0.2, 0) is 0 Å². The summed E-state index contributed by atoms with van der Waals surface area (Å²) in [6, 6.07) is 18.2. The Balaban J connectivity index is 1.35. The van der Waals surface area contributed by atoms with Gasteiger partial charge in [0.2, 0.25) is 0 Å². The summed E-state index contributed by atoms with van der Waals surface area (Å²) in [5.74, 6) is 0.0882. The Morgan fingerprint density at radius 2 is 1.77 bits per heavy atom. The third kappa shape index (κ3) is 3.27. The van der Waals surface area contributed by atoms with E-state index in [9.17, 15) is 9.59 Å². The summed E-state index contributed by atoms with van der Waals surface area (Å²) in [7, 11) is 0. The summed E-state index contributed by atoms with van der Waals surface area (Å²) >= 11 is 1.50. The monoisotopic (exact) mass is 417 g/mol. The number of fused-ring (bicyclic) bond motifs is 1. The third-order valence-corrected chi connectivity index (χ3v) is 6.87. The highest BCUT2D eigenvalue weighted by Crippen LogP contribution is 2.32. The molecule has 0 radical (unpaired) electrons. The van der Waals surface area contributed by atoms with E-state index in [0.717, 1.165) is 39.9 Å². The largest absolute Gasteiger partial charge is 0.338 e. The van der Waals surface area contributed by atoms with Crippen LogP contribution in [0.25, 0.3) is 22.2 Å². The van der Waals surface area contributed by atoms with E-state index in [-0.39, 0.29) is 17.6 Å². The number of hydrogen-bond acceptors (Lipinski definition) is 3. The highest BCUT2D eigenvalue weighted by molar-refractivity contribution is 7.12. The van der Waals surface area contributed by atoms with Crippen molar-refractivity contribution < 1.29 is 4.79 Å². The summed E-state index contributed by atoms with van der Waals surface area (Å²) in [5, 5.41) is 1.99. The number of aryl methyl sites for hydroxylation is 1. The van der Waals surface area contributed by atoms with Gasteiger partial charge in [-0.25, -0.2) is 4.79 Å². The molecule has 5 rings (SSSR count). The van der Waals surface area contributed by atoms with Gasteiger partial charge in [0.05, 0.1) is 15.9 Å². The molecule has 0 spiro atoms. The zero-order chi connectivity index (χ0) is 20.7. The van der Waals surface area contributed by atoms with E-state index in [2.05, 4.69) is 36.2 Å². The van der Waals surface area contributed by atoms with Crippen molar-refractivity contribution >= 4 is 28.3 Å². The highest BCUT2D eigenvalue weighted by atomic mass is 32.1. The van der Waals surface area contributed by atoms with Crippen molar-refractivity contribution in [3.8, 4) is 11.1 Å². The second kappa shape index (κ2) is 7.61. The first-order valence-corrected chi connectivity index (χ1v) is 11.1. The SMILES string of the molecule is Cc1ccc(-c2ccsc2C(=O)N2CCC(n3c(=O)[nH]c4ccccc43)CC2)cc1. The van der Waals surface area contributed by atoms with Gasteiger partial charge in [0.15, 0.2) is 0 Å². The van der Waals surface area contributed by atoms with Crippen molar-refractivity contribution in [2.45, 2.75) is 25.8 Å². The lowest BCUT2D eigenvalue weighted by atomic mass is 10.0. The van der Waals surface area contributed by atoms with Crippen LogP contribution in [0.2, 0.25) is 0 Å². The number of nitrogens with zero attached hydrogens (tertiary/aromatic N) is 2. The van der Waals surface area contributed by atoms with E-state index < -0.39 is 0 Å². The average Bonchev–Trinajstić information content (AvgIpc) is 3.38. The minimum absolute atomic E-state index is 0.0686. The van der Waals surface area contributed by atoms with Crippen molar-refractivity contribution in [1.82, 2.24) is 14.5 Å². The van der Waals surface area contributed by atoms with Crippen LogP contribution < -0.4 is 5.69 Å². The summed E-state index contributed by atoms with van der Waals surface area (Å²) in [5.41, 5.74) is 5.01. The fraction of sp³-hybridized carbons (Fsp3) is 0.250. The molecule has 1 aliphatic rings. The first kappa shape index (κ1) is 18.9. The molecule has 0 atom stereocenters. The minimum Gasteiger partial charge on any atom is -0.338 e. The second-order valence-electron chi connectivity index (χ2n) is 7.87. The van der Waals surface area contributed by atoms with Crippen molar-refractivity contribution in [2.24, 2.45) is 0 Å². The molecule has 152 valence electrons. The number of likely N-dealkylation sites (tertiary alicyclic amines) is 1. The van der Waals surface area contributed by atoms with Crippen LogP contribution in [0, 0.1) is 6.92 Å². The summed E-state index contributed by atoms with van der Waals surface area (Å²) < 4.78 is 1.86. The molecule has 1 N–H and O–H groups in total. The molecule has 2 aromatic heterocycles. The molecule has 1 amide bonds. The quantitative estimate of drug-likeness (QED) is 0.518. The highest BCUT2D eigenvalue weighted by Gasteiger charge is 2.28. The van der Waals surface area contributed by atoms with Gasteiger partial charge in [-0.1, -0.05) is 42.0 Å². The van der Waals surface area contributed by atoms with Crippen LogP contribution in [0.5, 0.6) is 0 Å². The summed E-state index contributed by atoms with van der Waals surface area (Å²) in [6.07, 6.45) is 1.55. The van der Waals surface area contributed by atoms with Crippen LogP contribution >= 0.6 is 11.3 Å². The third-order valence-electron chi connectivity index (χ3n) is 5.96. The van der Waals surface area contributed by atoms with Crippen LogP contribution in [-0.4, -0.2) is 33.4 Å². The summed E-state index contributed by atoms with van der Waals surface area (Å²) in [4.78, 5) is 31.4. The first-order chi connectivity index (χ1) is 14.6. The number of aromatic amines is 1. The summed E-state index contributed by atoms with van der Waals surface area (Å²) in [6.45, 7) is 3.37. The van der Waals surface area contributed by atoms with Crippen molar-refractivity contribution in [1.29, 1.82) is 0 Å². The lowest BCUT2D eigenvalue weighted by molar-refractivity contribution is 0.0700. The van der Waals surface area contributed by atoms with Crippen LogP contribution in [0.4, 0.5) is 0 Å². The number of hydrogen-bond donors (Lipinski definition) is 1. The van der Waals surface area contributed by atoms with Gasteiger partial charge < -0.3 is 9.88 Å². The zero-order valence-corrected chi connectivity index (χ0v) is 17.6. The number of H-pyrrole nitrogens is 1. The molecule has 0 unspecified atom stereocenters. The number of aromatic nitrogens is 2. The van der Waals surface area contributed by atoms with Gasteiger partial charge in [-0.3, -0.25) is 9.36 Å². The number of carbonyl (C=O) groups excluding carboxylic acids is 1. The molecule has 30 heavy (non-hydrogen) atoms. The van der Waals surface area contributed by atoms with E-state index in [1.807, 2.05) is 45.2 Å². The van der Waals surface area contributed by atoms with E-state index in [4.69, 9.17) is 0 Å². The molecular formula is C24H23N3O2S. The predicted octanol–water partition coefficient (Wildman–Crippen LogP) is 4.84. The van der Waals surface area contributed by atoms with Gasteiger partial charge in [0.1, 0.15) is 0 Å². The Hall–Kier alpha value is -3.12. The molecule has 1 aliphatic heterocycles. The number of piperidine rings is 1. The fourth-order valence-electron chi connectivity index (χ4n) is 4.34. The van der Waals surface area contributed by atoms with E-state index in [1.165, 1.54) is 16.9 Å². The van der Waals surface area contributed by atoms with Gasteiger partial charge >= 0.3 is 5.69 Å². The van der Waals surface area contributed by atoms with Crippen LogP contribution in [0.3, 0.4) is 0 Å². The second-order valence-corrected chi connectivity index (χ2v) is 8.79. The topological polar surface area (TPSA) is 58.1 Å². The Morgan fingerprint density at radius 1 is 1.03 bits per heavy atom. The molecule has 0 aliphatic carbocycles. The zero-order valence-electron chi connectivity index (χ0n) is 16.8. The first-order valence-electron chi connectivity index (χ1n) is 10.2. The molecule has 1 fully saturated rings. The number of imidazole rings is 1. The normalized spacial score (nSPS) is 15.0. The molecule has 3 heterocycles. The number of benzene rings is 2. The van der Waals surface area contributed by atoms with Crippen molar-refractivity contribution in [3.05, 3.63) is 80.9 Å². The van der Waals surface area contributed by atoms with Gasteiger partial charge in [-0.2, -0.15) is 0 Å². The molecule has 6 heteroatoms. The number of amides is 1. The molecule has 0 bridgehead atoms. The van der Waals surface area contributed by atoms with Gasteiger partial charge in [-0.15, -0.1) is 11.3 Å². The predicted molar refractivity (Wildman–Crippen MR) is 121 cm³/mol. The Morgan fingerprint density at radius 3 is 2.53 bits per heavy atom. The minimum atomic E-state index is -0.0686. The Kier molecular flexibility index (Phi) is 4.79. The van der Waals surface area contributed by atoms with E-state index >= 15 is 0 Å². The number of thiophene rings is 1. The number of rotatable bonds is 3. The molecule has 2 aromatic carbocycles. The van der Waals surface area contributed by atoms with Crippen LogP contribution in [0.1, 0.15) is 34.1 Å². The standard InChI is InChI=1S/C24H23N3O2S/c1-16-6-8-17(9-7-16)19-12-15-30-22(19)23(28)26-13-10-18(11-14-26)27-21-5-3-2-4-20(21)25-24(27)29/h2-9,12,15,18H,10-11,13-14H2,1H3,(H,25,29). The van der Waals surface area contributed by atoms with Crippen LogP contribution in [0.15, 0.2) is 64.8 Å². The Labute approximate surface area is 178 Å². The van der Waals surface area contributed by atoms with Gasteiger partial charge in [0, 0.05) is 24.7 Å². The molecule has 4 aromatic rings. The van der Waals surface area contributed by atoms with E-state index in [0.29, 0.717) is 13.1 Å². The number of carbonyl (C=O) groups is 1. The van der Waals surface area contributed by atoms with E-state index in [1.54, 1.807) is 0 Å². The molecule has 1 saturated heterocycles. The van der Waals surface area contributed by atoms with Gasteiger partial charge in [-0.05, 0) is 48.9 Å². The van der Waals surface area contributed by atoms with Crippen molar-refractivity contribution in [2.75, 3.05) is 13.1 Å². The fourth-order valence-corrected chi connectivity index (χ4v) is 5.23. The average molecular weight is 418 g/mol. The molecule has 0 saturated carbocycles. The smallest absolute Gasteiger partial charge is 0.326 e. The maximum atomic E-state index is 13.3. The van der Waals surface area contributed by atoms with Gasteiger partial charge in [0.25, 0.3) is 5.91 Å². The maximum absolute atomic E-state index is 13.3. The molecular weight excluding hydrogens is 394 g/mol. The van der Waals surface area contributed by atoms with Crippen molar-refractivity contribution in [3.63, 3.8) is 0 Å². The lowest BCUT2D eigenvalue weighted by Crippen LogP contribution is -2.40. The molecule has 5 nitrogen and oxygen atoms in total. The maximum Gasteiger partial charge on any atom is 0.326 e. The number of para-hydroxylation sites is 2. The Bertz CT molecular complexity index is 1260. The number of nitrogens with one attached hydrogen (secondary N) is 1. The lowest BCUT2D eigenvalue weighted by Gasteiger charge is -2.32.